The molecule has 1 fully saturated rings. The molecule has 0 saturated carbocycles. The van der Waals surface area contributed by atoms with Gasteiger partial charge in [-0.15, -0.1) is 0 Å². The highest BCUT2D eigenvalue weighted by molar-refractivity contribution is 7.89. The maximum absolute atomic E-state index is 14.5. The highest BCUT2D eigenvalue weighted by Gasteiger charge is 2.48. The highest BCUT2D eigenvalue weighted by atomic mass is 35.5. The van der Waals surface area contributed by atoms with Crippen LogP contribution in [0.15, 0.2) is 66.2 Å². The average Bonchev–Trinajstić information content (AvgIpc) is 3.74. The Morgan fingerprint density at radius 1 is 1.06 bits per heavy atom. The molecule has 250 valence electrons. The van der Waals surface area contributed by atoms with E-state index in [-0.39, 0.29) is 52.6 Å². The standard InChI is InChI=1S/C32H31Cl2N7O6S/c1-18(31(44)45)14-37-28(42)26-4-3-9-39(26)48(46,47)30-19(2)38-32-40(25-12-23(33)11-24(34)13-25)29(43)27(41(30)32)10-20-5-7-21(8-6-20)22-15-35-17-36-16-22/h5-8,11-13,15-18,26-27H,3-4,9-10,14H2,1-2H3,(H,37,42)(H,44,45). The summed E-state index contributed by atoms with van der Waals surface area (Å²) < 4.78 is 31.5. The summed E-state index contributed by atoms with van der Waals surface area (Å²) in [6.45, 7) is 2.90. The summed E-state index contributed by atoms with van der Waals surface area (Å²) in [6, 6.07) is 9.98. The lowest BCUT2D eigenvalue weighted by Gasteiger charge is -2.25. The number of anilines is 2. The zero-order valence-corrected chi connectivity index (χ0v) is 28.2. The van der Waals surface area contributed by atoms with Crippen molar-refractivity contribution < 1.29 is 27.9 Å². The summed E-state index contributed by atoms with van der Waals surface area (Å²) in [5.74, 6) is -2.89. The smallest absolute Gasteiger partial charge is 0.308 e. The van der Waals surface area contributed by atoms with Crippen LogP contribution in [0.5, 0.6) is 0 Å². The van der Waals surface area contributed by atoms with Crippen LogP contribution in [-0.2, 0) is 30.8 Å². The van der Waals surface area contributed by atoms with Gasteiger partial charge in [-0.05, 0) is 49.1 Å². The van der Waals surface area contributed by atoms with Gasteiger partial charge in [-0.25, -0.2) is 28.3 Å². The second kappa shape index (κ2) is 13.3. The molecule has 16 heteroatoms. The van der Waals surface area contributed by atoms with Crippen molar-refractivity contribution >= 4 is 62.6 Å². The zero-order chi connectivity index (χ0) is 34.3. The summed E-state index contributed by atoms with van der Waals surface area (Å²) in [5, 5.41) is 12.2. The molecule has 2 aliphatic rings. The summed E-state index contributed by atoms with van der Waals surface area (Å²) in [5.41, 5.74) is 2.90. The molecule has 0 radical (unpaired) electrons. The van der Waals surface area contributed by atoms with Crippen molar-refractivity contribution in [3.05, 3.63) is 82.5 Å². The van der Waals surface area contributed by atoms with Gasteiger partial charge in [0.05, 0.1) is 17.3 Å². The van der Waals surface area contributed by atoms with Gasteiger partial charge in [0.15, 0.2) is 5.03 Å². The van der Waals surface area contributed by atoms with E-state index in [1.807, 2.05) is 24.3 Å². The minimum absolute atomic E-state index is 0.0613. The number of aliphatic carboxylic acids is 1. The third-order valence-corrected chi connectivity index (χ3v) is 10.9. The van der Waals surface area contributed by atoms with Crippen molar-refractivity contribution in [3.63, 3.8) is 0 Å². The number of carboxylic acids is 1. The second-order valence-corrected chi connectivity index (χ2v) is 14.5. The van der Waals surface area contributed by atoms with E-state index in [4.69, 9.17) is 23.2 Å². The van der Waals surface area contributed by atoms with Crippen LogP contribution in [0.4, 0.5) is 11.6 Å². The molecule has 0 aliphatic carbocycles. The molecule has 3 unspecified atom stereocenters. The Hall–Kier alpha value is -4.37. The Kier molecular flexibility index (Phi) is 9.27. The number of halogens is 2. The first kappa shape index (κ1) is 33.5. The lowest BCUT2D eigenvalue weighted by molar-refractivity contribution is -0.141. The van der Waals surface area contributed by atoms with Crippen LogP contribution in [0.25, 0.3) is 11.1 Å². The zero-order valence-electron chi connectivity index (χ0n) is 25.9. The van der Waals surface area contributed by atoms with E-state index in [0.717, 1.165) is 21.0 Å². The van der Waals surface area contributed by atoms with Crippen LogP contribution in [0.3, 0.4) is 0 Å². The van der Waals surface area contributed by atoms with E-state index in [0.29, 0.717) is 12.1 Å². The van der Waals surface area contributed by atoms with Crippen molar-refractivity contribution in [1.82, 2.24) is 29.1 Å². The van der Waals surface area contributed by atoms with Crippen LogP contribution in [0.1, 0.15) is 37.1 Å². The molecule has 2 aromatic carbocycles. The number of imidazole rings is 1. The second-order valence-electron chi connectivity index (χ2n) is 11.8. The number of aromatic nitrogens is 4. The molecule has 2 aliphatic heterocycles. The molecule has 6 rings (SSSR count). The number of amides is 2. The van der Waals surface area contributed by atoms with Gasteiger partial charge in [0.1, 0.15) is 18.4 Å². The topological polar surface area (TPSA) is 168 Å². The minimum Gasteiger partial charge on any atom is -0.481 e. The number of benzene rings is 2. The first-order chi connectivity index (χ1) is 22.9. The van der Waals surface area contributed by atoms with Gasteiger partial charge in [0.2, 0.25) is 11.9 Å². The first-order valence-corrected chi connectivity index (χ1v) is 17.3. The first-order valence-electron chi connectivity index (χ1n) is 15.1. The largest absolute Gasteiger partial charge is 0.481 e. The molecule has 1 saturated heterocycles. The number of hydrogen-bond donors (Lipinski definition) is 2. The molecular weight excluding hydrogens is 681 g/mol. The summed E-state index contributed by atoms with van der Waals surface area (Å²) >= 11 is 12.6. The minimum atomic E-state index is -4.40. The predicted molar refractivity (Wildman–Crippen MR) is 178 cm³/mol. The van der Waals surface area contributed by atoms with Crippen molar-refractivity contribution in [3.8, 4) is 11.1 Å². The maximum Gasteiger partial charge on any atom is 0.308 e. The molecule has 4 aromatic rings. The van der Waals surface area contributed by atoms with Gasteiger partial charge in [-0.1, -0.05) is 54.4 Å². The van der Waals surface area contributed by atoms with E-state index < -0.39 is 45.8 Å². The van der Waals surface area contributed by atoms with Crippen molar-refractivity contribution in [2.24, 2.45) is 5.92 Å². The van der Waals surface area contributed by atoms with E-state index in [1.165, 1.54) is 28.8 Å². The fraction of sp³-hybridized carbons (Fsp3) is 0.312. The Morgan fingerprint density at radius 3 is 2.38 bits per heavy atom. The van der Waals surface area contributed by atoms with E-state index >= 15 is 0 Å². The summed E-state index contributed by atoms with van der Waals surface area (Å²) in [4.78, 5) is 52.7. The monoisotopic (exact) mass is 711 g/mol. The molecule has 2 N–H and O–H groups in total. The Morgan fingerprint density at radius 2 is 1.73 bits per heavy atom. The molecular formula is C32H31Cl2N7O6S. The number of hydrogen-bond acceptors (Lipinski definition) is 8. The number of carbonyl (C=O) groups is 3. The number of rotatable bonds is 10. The maximum atomic E-state index is 14.5. The van der Waals surface area contributed by atoms with Crippen LogP contribution in [0, 0.1) is 12.8 Å². The molecule has 3 atom stereocenters. The fourth-order valence-electron chi connectivity index (χ4n) is 6.08. The third-order valence-electron chi connectivity index (χ3n) is 8.47. The Balaban J connectivity index is 1.40. The SMILES string of the molecule is Cc1nc2n(c1S(=O)(=O)N1CCCC1C(=O)NCC(C)C(=O)O)C(Cc1ccc(-c3cncnc3)cc1)C(=O)N2c1cc(Cl)cc(Cl)c1. The average molecular weight is 713 g/mol. The van der Waals surface area contributed by atoms with Crippen molar-refractivity contribution in [1.29, 1.82) is 0 Å². The molecule has 4 heterocycles. The van der Waals surface area contributed by atoms with Gasteiger partial charge in [0, 0.05) is 47.5 Å². The van der Waals surface area contributed by atoms with Gasteiger partial charge in [-0.3, -0.25) is 19.0 Å². The van der Waals surface area contributed by atoms with Crippen molar-refractivity contribution in [2.45, 2.75) is 50.2 Å². The number of carboxylic acid groups (broad SMARTS) is 1. The number of sulfonamides is 1. The molecule has 48 heavy (non-hydrogen) atoms. The lowest BCUT2D eigenvalue weighted by atomic mass is 10.0. The normalized spacial score (nSPS) is 18.6. The Labute approximate surface area is 286 Å². The molecule has 0 spiro atoms. The Bertz CT molecular complexity index is 1990. The third kappa shape index (κ3) is 6.28. The highest BCUT2D eigenvalue weighted by Crippen LogP contribution is 2.43. The van der Waals surface area contributed by atoms with Crippen LogP contribution >= 0.6 is 23.2 Å². The van der Waals surface area contributed by atoms with E-state index in [9.17, 15) is 27.9 Å². The van der Waals surface area contributed by atoms with Crippen molar-refractivity contribution in [2.75, 3.05) is 18.0 Å². The van der Waals surface area contributed by atoms with Gasteiger partial charge < -0.3 is 10.4 Å². The summed E-state index contributed by atoms with van der Waals surface area (Å²) in [7, 11) is -4.40. The number of nitrogens with one attached hydrogen (secondary N) is 1. The molecule has 2 amide bonds. The number of fused-ring (bicyclic) bond motifs is 1. The van der Waals surface area contributed by atoms with Gasteiger partial charge in [-0.2, -0.15) is 4.31 Å². The number of nitrogens with zero attached hydrogens (tertiary/aromatic N) is 6. The van der Waals surface area contributed by atoms with Gasteiger partial charge >= 0.3 is 5.97 Å². The molecule has 2 aromatic heterocycles. The molecule has 13 nitrogen and oxygen atoms in total. The number of carbonyl (C=O) groups excluding carboxylic acids is 2. The quantitative estimate of drug-likeness (QED) is 0.242. The van der Waals surface area contributed by atoms with E-state index in [2.05, 4.69) is 20.3 Å². The lowest BCUT2D eigenvalue weighted by Crippen LogP contribution is -2.47. The molecule has 0 bridgehead atoms. The van der Waals surface area contributed by atoms with Crippen LogP contribution < -0.4 is 10.2 Å². The van der Waals surface area contributed by atoms with Crippen LogP contribution in [-0.4, -0.2) is 74.3 Å². The summed E-state index contributed by atoms with van der Waals surface area (Å²) in [6.07, 6.45) is 5.60. The predicted octanol–water partition coefficient (Wildman–Crippen LogP) is 4.41. The van der Waals surface area contributed by atoms with E-state index in [1.54, 1.807) is 31.5 Å². The number of aryl methyl sites for hydroxylation is 1. The van der Waals surface area contributed by atoms with Gasteiger partial charge in [0.25, 0.3) is 15.9 Å². The fourth-order valence-corrected chi connectivity index (χ4v) is 8.60. The van der Waals surface area contributed by atoms with Crippen LogP contribution in [0.2, 0.25) is 10.0 Å².